The molecule has 0 atom stereocenters. The standard InChI is InChI=1S/C91H60B5N5/c1-3-4-10-21-54(2)60-32-40-76-70(44-60)95-68-47-63(57-26-15-7-16-27-57)33-38-72(68)98-50-92-51-99-73-39-34-64(58-28-17-8-18-29-58)48-69(73)96-71-49-65(59-30-19-9-20-31-59)37-43-77(71)101-75-42-36-62(56-24-13-6-14-25-56)46-67(75)94-53-97-52-93-66-45-61(55-22-11-5-12-23-55)35-41-74(66)100(76)90-83(93)80-78(88(98)85(90)95)82(92)79-81(87(80)97)84(94)91(101)86(96)89(79)99/h3-49H,1,50-53H2,2H3/b10-4-,54-21+. The van der Waals surface area contributed by atoms with Crippen molar-refractivity contribution in [2.45, 2.75) is 6.92 Å². The van der Waals surface area contributed by atoms with Gasteiger partial charge in [0.25, 0.3) is 13.4 Å². The van der Waals surface area contributed by atoms with Gasteiger partial charge in [-0.25, -0.2) is 0 Å². The molecule has 10 heteroatoms. The Hall–Kier alpha value is -11.9. The Balaban J connectivity index is 0.880. The average Bonchev–Trinajstić information content (AvgIpc) is 0.638. The van der Waals surface area contributed by atoms with Crippen LogP contribution in [0.2, 0.25) is 0 Å². The summed E-state index contributed by atoms with van der Waals surface area (Å²) >= 11 is 0. The average molecular weight is 1280 g/mol. The van der Waals surface area contributed by atoms with Crippen molar-refractivity contribution in [3.63, 3.8) is 0 Å². The van der Waals surface area contributed by atoms with Gasteiger partial charge in [0, 0.05) is 104 Å². The Bertz CT molecular complexity index is 6200. The number of allylic oxidation sites excluding steroid dienone is 5. The van der Waals surface area contributed by atoms with E-state index in [0.717, 1.165) is 25.8 Å². The van der Waals surface area contributed by atoms with Crippen LogP contribution in [0.15, 0.2) is 292 Å². The molecule has 0 radical (unpaired) electrons. The van der Waals surface area contributed by atoms with Gasteiger partial charge in [-0.3, -0.25) is 0 Å². The predicted molar refractivity (Wildman–Crippen MR) is 435 cm³/mol. The lowest BCUT2D eigenvalue weighted by molar-refractivity contribution is 1.03. The molecule has 24 rings (SSSR count). The highest BCUT2D eigenvalue weighted by molar-refractivity contribution is 7.06. The van der Waals surface area contributed by atoms with E-state index in [4.69, 9.17) is 0 Å². The minimum absolute atomic E-state index is 0.0491. The number of hydrogen-bond donors (Lipinski definition) is 0. The van der Waals surface area contributed by atoms with Gasteiger partial charge in [-0.2, -0.15) is 0 Å². The van der Waals surface area contributed by atoms with E-state index in [1.54, 1.807) is 5.46 Å². The van der Waals surface area contributed by atoms with Crippen molar-refractivity contribution in [1.82, 2.24) is 0 Å². The Morgan fingerprint density at radius 3 is 1.07 bits per heavy atom. The van der Waals surface area contributed by atoms with Gasteiger partial charge in [0.15, 0.2) is 0 Å². The van der Waals surface area contributed by atoms with Crippen LogP contribution in [0.25, 0.3) is 82.8 Å². The van der Waals surface area contributed by atoms with Crippen LogP contribution in [0.3, 0.4) is 0 Å². The van der Waals surface area contributed by atoms with Crippen molar-refractivity contribution < 1.29 is 0 Å². The zero-order valence-electron chi connectivity index (χ0n) is 55.8. The number of fused-ring (bicyclic) bond motifs is 18. The van der Waals surface area contributed by atoms with E-state index >= 15 is 0 Å². The Kier molecular flexibility index (Phi) is 10.9. The van der Waals surface area contributed by atoms with E-state index in [0.29, 0.717) is 0 Å². The Morgan fingerprint density at radius 1 is 0.317 bits per heavy atom. The molecule has 10 aliphatic heterocycles. The van der Waals surface area contributed by atoms with Crippen LogP contribution in [0.5, 0.6) is 0 Å². The number of nitrogens with zero attached hydrogens (tertiary/aromatic N) is 5. The summed E-state index contributed by atoms with van der Waals surface area (Å²) in [7, 11) is 0. The summed E-state index contributed by atoms with van der Waals surface area (Å²) in [5.74, 6) is 0. The molecular weight excluding hydrogens is 1220 g/mol. The highest BCUT2D eigenvalue weighted by atomic mass is 15.2. The fourth-order valence-corrected chi connectivity index (χ4v) is 21.0. The molecule has 5 nitrogen and oxygen atoms in total. The number of rotatable bonds is 8. The molecule has 0 saturated carbocycles. The summed E-state index contributed by atoms with van der Waals surface area (Å²) in [4.78, 5) is 14.3. The van der Waals surface area contributed by atoms with Crippen LogP contribution < -0.4 is 84.6 Å². The van der Waals surface area contributed by atoms with Gasteiger partial charge >= 0.3 is 0 Å². The first-order valence-corrected chi connectivity index (χ1v) is 36.2. The first-order chi connectivity index (χ1) is 50.0. The van der Waals surface area contributed by atoms with Crippen LogP contribution in [0.4, 0.5) is 62.6 Å². The van der Waals surface area contributed by atoms with E-state index in [2.05, 4.69) is 311 Å². The van der Waals surface area contributed by atoms with E-state index < -0.39 is 0 Å². The molecule has 464 valence electrons. The van der Waals surface area contributed by atoms with Gasteiger partial charge in [0.2, 0.25) is 20.1 Å². The fourth-order valence-electron chi connectivity index (χ4n) is 21.0. The SMILES string of the molecule is C=C/C=C\C=C(/C)c1ccc2c(c1)B1c3cc(-c4ccccc4)ccc3N3CB4CN5c6ccc(-c7ccccc7)cc6B6c7cc(-c8ccccc8)ccc7N7c8ccc(-c9ccccc9)cc8B8CN9CB%10c%11cc(-c%12ccccc%12)ccc%11N2c2c1c3c1c4c3c5c6c7c8c3c9c1c2%10. The molecule has 0 fully saturated rings. The van der Waals surface area contributed by atoms with Gasteiger partial charge in [0.05, 0.1) is 5.69 Å². The van der Waals surface area contributed by atoms with Crippen LogP contribution in [-0.2, 0) is 0 Å². The summed E-state index contributed by atoms with van der Waals surface area (Å²) in [6, 6.07) is 101. The molecular formula is C91H60B5N5. The second-order valence-electron chi connectivity index (χ2n) is 29.7. The van der Waals surface area contributed by atoms with Crippen molar-refractivity contribution in [1.29, 1.82) is 0 Å². The van der Waals surface area contributed by atoms with Crippen LogP contribution in [0.1, 0.15) is 12.5 Å². The number of anilines is 11. The summed E-state index contributed by atoms with van der Waals surface area (Å²) < 4.78 is 0. The molecule has 0 amide bonds. The molecule has 0 aliphatic carbocycles. The lowest BCUT2D eigenvalue weighted by atomic mass is 9.26. The van der Waals surface area contributed by atoms with Gasteiger partial charge in [-0.1, -0.05) is 261 Å². The van der Waals surface area contributed by atoms with Crippen molar-refractivity contribution in [3.05, 3.63) is 297 Å². The van der Waals surface area contributed by atoms with E-state index in [9.17, 15) is 0 Å². The predicted octanol–water partition coefficient (Wildman–Crippen LogP) is 13.5. The quantitative estimate of drug-likeness (QED) is 0.0854. The van der Waals surface area contributed by atoms with Crippen LogP contribution in [-0.4, -0.2) is 59.3 Å². The lowest BCUT2D eigenvalue weighted by Gasteiger charge is -2.57. The van der Waals surface area contributed by atoms with E-state index in [-0.39, 0.29) is 33.6 Å². The van der Waals surface area contributed by atoms with Crippen molar-refractivity contribution in [3.8, 4) is 55.6 Å². The monoisotopic (exact) mass is 1280 g/mol. The van der Waals surface area contributed by atoms with Gasteiger partial charge in [-0.15, -0.1) is 0 Å². The molecule has 0 saturated heterocycles. The van der Waals surface area contributed by atoms with Gasteiger partial charge < -0.3 is 24.5 Å². The molecule has 0 N–H and O–H groups in total. The molecule has 10 aliphatic rings. The summed E-state index contributed by atoms with van der Waals surface area (Å²) in [6.45, 7) is 6.50. The third-order valence-electron chi connectivity index (χ3n) is 24.9. The van der Waals surface area contributed by atoms with E-state index in [1.165, 1.54) is 206 Å². The Morgan fingerprint density at radius 2 is 0.663 bits per heavy atom. The van der Waals surface area contributed by atoms with Crippen LogP contribution in [0, 0.1) is 0 Å². The third kappa shape index (κ3) is 7.12. The Labute approximate surface area is 589 Å². The summed E-state index contributed by atoms with van der Waals surface area (Å²) in [5, 5.41) is 5.96. The molecule has 0 bridgehead atoms. The maximum absolute atomic E-state index is 4.03. The molecule has 0 unspecified atom stereocenters. The number of hydrogen-bond acceptors (Lipinski definition) is 5. The molecule has 0 spiro atoms. The van der Waals surface area contributed by atoms with E-state index in [1.807, 2.05) is 12.2 Å². The molecule has 14 aromatic carbocycles. The molecule has 101 heavy (non-hydrogen) atoms. The maximum Gasteiger partial charge on any atom is 0.252 e. The highest BCUT2D eigenvalue weighted by Crippen LogP contribution is 2.57. The molecule has 0 aromatic heterocycles. The third-order valence-corrected chi connectivity index (χ3v) is 24.9. The number of benzene rings is 14. The topological polar surface area (TPSA) is 16.2 Å². The highest BCUT2D eigenvalue weighted by Gasteiger charge is 2.59. The van der Waals surface area contributed by atoms with Crippen LogP contribution >= 0.6 is 0 Å². The van der Waals surface area contributed by atoms with Gasteiger partial charge in [0.1, 0.15) is 0 Å². The van der Waals surface area contributed by atoms with Crippen molar-refractivity contribution in [2.24, 2.45) is 0 Å². The fraction of sp³-hybridized carbons (Fsp3) is 0.0549. The second kappa shape index (κ2) is 20.0. The maximum atomic E-state index is 4.03. The first-order valence-electron chi connectivity index (χ1n) is 36.2. The normalized spacial score (nSPS) is 15.5. The first kappa shape index (κ1) is 55.1. The second-order valence-corrected chi connectivity index (χ2v) is 29.7. The van der Waals surface area contributed by atoms with Crippen molar-refractivity contribution >= 4 is 183 Å². The zero-order chi connectivity index (χ0) is 65.8. The minimum atomic E-state index is -0.0559. The molecule has 10 heterocycles. The zero-order valence-corrected chi connectivity index (χ0v) is 55.8. The molecule has 14 aromatic rings. The lowest BCUT2D eigenvalue weighted by Crippen LogP contribution is -2.73. The largest absolute Gasteiger partial charge is 0.384 e. The van der Waals surface area contributed by atoms with Crippen molar-refractivity contribution in [2.75, 3.05) is 50.3 Å². The summed E-state index contributed by atoms with van der Waals surface area (Å²) in [5.41, 5.74) is 45.7. The van der Waals surface area contributed by atoms with Gasteiger partial charge in [-0.05, 0) is 165 Å². The minimum Gasteiger partial charge on any atom is -0.384 e. The summed E-state index contributed by atoms with van der Waals surface area (Å²) in [6.07, 6.45) is 11.7. The smallest absolute Gasteiger partial charge is 0.252 e.